The van der Waals surface area contributed by atoms with Crippen LogP contribution in [0, 0.1) is 6.92 Å². The van der Waals surface area contributed by atoms with Gasteiger partial charge < -0.3 is 4.57 Å². The van der Waals surface area contributed by atoms with Gasteiger partial charge in [-0.3, -0.25) is 0 Å². The third-order valence-corrected chi connectivity index (χ3v) is 3.51. The largest absolute Gasteiger partial charge is 0.334 e. The summed E-state index contributed by atoms with van der Waals surface area (Å²) in [6, 6.07) is 6.13. The maximum Gasteiger partial charge on any atom is 0.112 e. The Kier molecular flexibility index (Phi) is 2.12. The van der Waals surface area contributed by atoms with Crippen molar-refractivity contribution in [2.24, 2.45) is 7.05 Å². The van der Waals surface area contributed by atoms with Crippen LogP contribution in [-0.2, 0) is 7.05 Å². The molecule has 0 aliphatic rings. The highest BCUT2D eigenvalue weighted by atomic mass is 79.9. The van der Waals surface area contributed by atoms with Gasteiger partial charge in [-0.05, 0) is 34.5 Å². The summed E-state index contributed by atoms with van der Waals surface area (Å²) in [5.41, 5.74) is 2.30. The van der Waals surface area contributed by atoms with E-state index in [1.54, 1.807) is 0 Å². The number of benzene rings is 1. The van der Waals surface area contributed by atoms with Crippen LogP contribution in [0.1, 0.15) is 5.56 Å². The number of nitrogens with zero attached hydrogens (tertiary/aromatic N) is 1. The zero-order chi connectivity index (χ0) is 9.59. The van der Waals surface area contributed by atoms with Gasteiger partial charge in [0.25, 0.3) is 0 Å². The second-order valence-corrected chi connectivity index (χ2v) is 4.32. The van der Waals surface area contributed by atoms with E-state index in [0.29, 0.717) is 0 Å². The molecule has 0 saturated carbocycles. The van der Waals surface area contributed by atoms with Gasteiger partial charge in [-0.1, -0.05) is 23.7 Å². The maximum atomic E-state index is 6.14. The average Bonchev–Trinajstić information content (AvgIpc) is 2.33. The minimum Gasteiger partial charge on any atom is -0.334 e. The van der Waals surface area contributed by atoms with Gasteiger partial charge in [-0.2, -0.15) is 0 Å². The van der Waals surface area contributed by atoms with Crippen molar-refractivity contribution in [1.29, 1.82) is 0 Å². The molecule has 2 rings (SSSR count). The van der Waals surface area contributed by atoms with Crippen molar-refractivity contribution >= 4 is 38.4 Å². The number of hydrogen-bond acceptors (Lipinski definition) is 0. The van der Waals surface area contributed by atoms with E-state index in [0.717, 1.165) is 20.7 Å². The number of halogens is 2. The SMILES string of the molecule is Cc1c(Cl)n(C)c2c(Br)cccc12. The zero-order valence-electron chi connectivity index (χ0n) is 7.44. The molecule has 13 heavy (non-hydrogen) atoms. The fourth-order valence-corrected chi connectivity index (χ4v) is 2.44. The number of para-hydroxylation sites is 1. The lowest BCUT2D eigenvalue weighted by atomic mass is 10.2. The van der Waals surface area contributed by atoms with Gasteiger partial charge in [0.2, 0.25) is 0 Å². The molecule has 0 aliphatic heterocycles. The third kappa shape index (κ3) is 1.20. The number of hydrogen-bond donors (Lipinski definition) is 0. The molecule has 1 heterocycles. The Morgan fingerprint density at radius 2 is 2.08 bits per heavy atom. The van der Waals surface area contributed by atoms with Crippen LogP contribution in [0.25, 0.3) is 10.9 Å². The van der Waals surface area contributed by atoms with Crippen LogP contribution in [0.5, 0.6) is 0 Å². The first-order chi connectivity index (χ1) is 6.13. The lowest BCUT2D eigenvalue weighted by molar-refractivity contribution is 0.962. The van der Waals surface area contributed by atoms with Crippen LogP contribution in [0.15, 0.2) is 22.7 Å². The Labute approximate surface area is 90.4 Å². The van der Waals surface area contributed by atoms with Crippen molar-refractivity contribution in [1.82, 2.24) is 4.57 Å². The van der Waals surface area contributed by atoms with Crippen LogP contribution >= 0.6 is 27.5 Å². The van der Waals surface area contributed by atoms with E-state index in [4.69, 9.17) is 11.6 Å². The van der Waals surface area contributed by atoms with Gasteiger partial charge >= 0.3 is 0 Å². The number of fused-ring (bicyclic) bond motifs is 1. The minimum absolute atomic E-state index is 0.807. The van der Waals surface area contributed by atoms with Crippen LogP contribution in [0.2, 0.25) is 5.15 Å². The molecule has 0 N–H and O–H groups in total. The van der Waals surface area contributed by atoms with E-state index in [9.17, 15) is 0 Å². The van der Waals surface area contributed by atoms with Crippen LogP contribution in [0.4, 0.5) is 0 Å². The van der Waals surface area contributed by atoms with Gasteiger partial charge in [0.1, 0.15) is 5.15 Å². The minimum atomic E-state index is 0.807. The van der Waals surface area contributed by atoms with Gasteiger partial charge in [0, 0.05) is 16.9 Å². The van der Waals surface area contributed by atoms with Crippen LogP contribution < -0.4 is 0 Å². The van der Waals surface area contributed by atoms with E-state index in [1.807, 2.05) is 30.7 Å². The molecule has 0 spiro atoms. The van der Waals surface area contributed by atoms with Crippen LogP contribution in [0.3, 0.4) is 0 Å². The van der Waals surface area contributed by atoms with E-state index in [-0.39, 0.29) is 0 Å². The molecule has 0 saturated heterocycles. The molecule has 0 unspecified atom stereocenters. The second kappa shape index (κ2) is 3.03. The first kappa shape index (κ1) is 9.10. The van der Waals surface area contributed by atoms with E-state index >= 15 is 0 Å². The molecule has 0 atom stereocenters. The molecule has 68 valence electrons. The quantitative estimate of drug-likeness (QED) is 0.675. The predicted octanol–water partition coefficient (Wildman–Crippen LogP) is 3.90. The normalized spacial score (nSPS) is 11.1. The number of rotatable bonds is 0. The molecule has 0 fully saturated rings. The summed E-state index contributed by atoms with van der Waals surface area (Å²) in [4.78, 5) is 0. The van der Waals surface area contributed by atoms with E-state index in [2.05, 4.69) is 22.0 Å². The average molecular weight is 259 g/mol. The van der Waals surface area contributed by atoms with Crippen molar-refractivity contribution in [2.45, 2.75) is 6.92 Å². The first-order valence-corrected chi connectivity index (χ1v) is 5.19. The molecule has 2 aromatic rings. The molecule has 0 amide bonds. The summed E-state index contributed by atoms with van der Waals surface area (Å²) in [6.07, 6.45) is 0. The Morgan fingerprint density at radius 1 is 1.38 bits per heavy atom. The summed E-state index contributed by atoms with van der Waals surface area (Å²) in [5, 5.41) is 2.02. The van der Waals surface area contributed by atoms with Crippen molar-refractivity contribution < 1.29 is 0 Å². The standard InChI is InChI=1S/C10H9BrClN/c1-6-7-4-3-5-8(11)9(7)13(2)10(6)12/h3-5H,1-2H3. The van der Waals surface area contributed by atoms with Crippen molar-refractivity contribution in [3.05, 3.63) is 33.4 Å². The molecule has 0 aliphatic carbocycles. The molecule has 1 aromatic carbocycles. The molecule has 0 bridgehead atoms. The molecule has 1 nitrogen and oxygen atoms in total. The first-order valence-electron chi connectivity index (χ1n) is 4.02. The highest BCUT2D eigenvalue weighted by molar-refractivity contribution is 9.10. The Hall–Kier alpha value is -0.470. The summed E-state index contributed by atoms with van der Waals surface area (Å²) in [5.74, 6) is 0. The Morgan fingerprint density at radius 3 is 2.69 bits per heavy atom. The summed E-state index contributed by atoms with van der Waals surface area (Å²) in [7, 11) is 1.97. The summed E-state index contributed by atoms with van der Waals surface area (Å²) < 4.78 is 3.08. The Balaban J connectivity index is 3.03. The van der Waals surface area contributed by atoms with Crippen molar-refractivity contribution in [3.63, 3.8) is 0 Å². The van der Waals surface area contributed by atoms with Crippen molar-refractivity contribution in [2.75, 3.05) is 0 Å². The molecule has 0 radical (unpaired) electrons. The fraction of sp³-hybridized carbons (Fsp3) is 0.200. The molecular weight excluding hydrogens is 249 g/mol. The van der Waals surface area contributed by atoms with E-state index < -0.39 is 0 Å². The summed E-state index contributed by atoms with van der Waals surface area (Å²) in [6.45, 7) is 2.04. The van der Waals surface area contributed by atoms with Crippen LogP contribution in [-0.4, -0.2) is 4.57 Å². The lowest BCUT2D eigenvalue weighted by Crippen LogP contribution is -1.86. The van der Waals surface area contributed by atoms with Gasteiger partial charge in [-0.15, -0.1) is 0 Å². The molecular formula is C10H9BrClN. The smallest absolute Gasteiger partial charge is 0.112 e. The Bertz CT molecular complexity index is 473. The third-order valence-electron chi connectivity index (χ3n) is 2.33. The number of aromatic nitrogens is 1. The zero-order valence-corrected chi connectivity index (χ0v) is 9.78. The van der Waals surface area contributed by atoms with E-state index in [1.165, 1.54) is 5.39 Å². The number of aryl methyl sites for hydroxylation is 2. The lowest BCUT2D eigenvalue weighted by Gasteiger charge is -1.98. The predicted molar refractivity (Wildman–Crippen MR) is 60.4 cm³/mol. The highest BCUT2D eigenvalue weighted by Crippen LogP contribution is 2.32. The monoisotopic (exact) mass is 257 g/mol. The van der Waals surface area contributed by atoms with Gasteiger partial charge in [-0.25, -0.2) is 0 Å². The van der Waals surface area contributed by atoms with Gasteiger partial charge in [0.15, 0.2) is 0 Å². The van der Waals surface area contributed by atoms with Gasteiger partial charge in [0.05, 0.1) is 5.52 Å². The fourth-order valence-electron chi connectivity index (χ4n) is 1.62. The summed E-state index contributed by atoms with van der Waals surface area (Å²) >= 11 is 9.65. The molecule has 3 heteroatoms. The van der Waals surface area contributed by atoms with Crippen molar-refractivity contribution in [3.8, 4) is 0 Å². The maximum absolute atomic E-state index is 6.14. The second-order valence-electron chi connectivity index (χ2n) is 3.11. The molecule has 1 aromatic heterocycles. The highest BCUT2D eigenvalue weighted by Gasteiger charge is 2.10. The topological polar surface area (TPSA) is 4.93 Å².